The summed E-state index contributed by atoms with van der Waals surface area (Å²) < 4.78 is 33.0. The van der Waals surface area contributed by atoms with Gasteiger partial charge in [0, 0.05) is 31.8 Å². The van der Waals surface area contributed by atoms with Crippen molar-refractivity contribution in [3.8, 4) is 0 Å². The molecule has 1 aliphatic heterocycles. The van der Waals surface area contributed by atoms with Gasteiger partial charge in [-0.1, -0.05) is 30.3 Å². The summed E-state index contributed by atoms with van der Waals surface area (Å²) in [6, 6.07) is 8.26. The van der Waals surface area contributed by atoms with Crippen LogP contribution in [0.15, 0.2) is 30.3 Å². The number of aliphatic hydroxyl groups is 1. The van der Waals surface area contributed by atoms with Gasteiger partial charge in [-0.25, -0.2) is 13.6 Å². The Morgan fingerprint density at radius 1 is 1.29 bits per heavy atom. The molecule has 2 atom stereocenters. The number of nitrogens with one attached hydrogen (secondary N) is 1. The van der Waals surface area contributed by atoms with Gasteiger partial charge in [-0.15, -0.1) is 12.4 Å². The number of nitrogens with zero attached hydrogens (tertiary/aromatic N) is 1. The number of rotatable bonds is 6. The summed E-state index contributed by atoms with van der Waals surface area (Å²) in [6.07, 6.45) is 2.09. The average Bonchev–Trinajstić information content (AvgIpc) is 3.06. The molecule has 0 amide bonds. The first-order chi connectivity index (χ1) is 12.8. The highest BCUT2D eigenvalue weighted by Gasteiger charge is 2.54. The van der Waals surface area contributed by atoms with E-state index in [0.717, 1.165) is 25.9 Å². The molecule has 5 nitrogen and oxygen atoms in total. The highest BCUT2D eigenvalue weighted by Crippen LogP contribution is 2.48. The third-order valence-corrected chi connectivity index (χ3v) is 5.80. The zero-order valence-electron chi connectivity index (χ0n) is 15.7. The summed E-state index contributed by atoms with van der Waals surface area (Å²) in [5.74, 6) is -4.43. The SMILES string of the molecule is Cl.N=CN1CCC(COC(=O)C(O)(c2ccccc2)C2CCC(F)(F)C2)CC1. The second kappa shape index (κ2) is 9.18. The number of hydrogen-bond donors (Lipinski definition) is 2. The van der Waals surface area contributed by atoms with Gasteiger partial charge in [-0.3, -0.25) is 5.41 Å². The molecule has 1 aromatic rings. The molecule has 2 unspecified atom stereocenters. The van der Waals surface area contributed by atoms with E-state index in [-0.39, 0.29) is 37.8 Å². The van der Waals surface area contributed by atoms with Gasteiger partial charge in [0.25, 0.3) is 0 Å². The number of carbonyl (C=O) groups is 1. The van der Waals surface area contributed by atoms with Crippen molar-refractivity contribution in [2.75, 3.05) is 19.7 Å². The van der Waals surface area contributed by atoms with Crippen LogP contribution in [0.5, 0.6) is 0 Å². The largest absolute Gasteiger partial charge is 0.463 e. The van der Waals surface area contributed by atoms with Gasteiger partial charge in [0.1, 0.15) is 0 Å². The molecule has 1 aliphatic carbocycles. The summed E-state index contributed by atoms with van der Waals surface area (Å²) in [4.78, 5) is 14.8. The predicted octanol–water partition coefficient (Wildman–Crippen LogP) is 3.59. The van der Waals surface area contributed by atoms with Crippen LogP contribution in [-0.2, 0) is 15.1 Å². The summed E-state index contributed by atoms with van der Waals surface area (Å²) >= 11 is 0. The molecule has 8 heteroatoms. The maximum Gasteiger partial charge on any atom is 0.343 e. The average molecular weight is 417 g/mol. The van der Waals surface area contributed by atoms with Gasteiger partial charge in [0.05, 0.1) is 12.9 Å². The van der Waals surface area contributed by atoms with Gasteiger partial charge in [0.15, 0.2) is 5.60 Å². The third-order valence-electron chi connectivity index (χ3n) is 5.80. The summed E-state index contributed by atoms with van der Waals surface area (Å²) in [7, 11) is 0. The van der Waals surface area contributed by atoms with Crippen LogP contribution in [0, 0.1) is 17.2 Å². The van der Waals surface area contributed by atoms with E-state index in [9.17, 15) is 18.7 Å². The van der Waals surface area contributed by atoms with Crippen molar-refractivity contribution < 1.29 is 23.4 Å². The van der Waals surface area contributed by atoms with Crippen molar-refractivity contribution in [2.24, 2.45) is 11.8 Å². The van der Waals surface area contributed by atoms with E-state index in [0.29, 0.717) is 5.56 Å². The Balaban J connectivity index is 0.00000280. The number of benzene rings is 1. The predicted molar refractivity (Wildman–Crippen MR) is 104 cm³/mol. The lowest BCUT2D eigenvalue weighted by molar-refractivity contribution is -0.176. The quantitative estimate of drug-likeness (QED) is 0.422. The molecule has 1 saturated carbocycles. The Bertz CT molecular complexity index is 669. The van der Waals surface area contributed by atoms with E-state index in [1.165, 1.54) is 6.34 Å². The Labute approximate surface area is 170 Å². The zero-order chi connectivity index (χ0) is 19.5. The van der Waals surface area contributed by atoms with E-state index < -0.39 is 29.8 Å². The lowest BCUT2D eigenvalue weighted by Crippen LogP contribution is -2.45. The van der Waals surface area contributed by atoms with Gasteiger partial charge >= 0.3 is 5.97 Å². The van der Waals surface area contributed by atoms with Crippen LogP contribution in [0.2, 0.25) is 0 Å². The van der Waals surface area contributed by atoms with E-state index in [4.69, 9.17) is 10.1 Å². The number of alkyl halides is 2. The fraction of sp³-hybridized carbons (Fsp3) is 0.600. The topological polar surface area (TPSA) is 73.6 Å². The Kier molecular flexibility index (Phi) is 7.39. The minimum Gasteiger partial charge on any atom is -0.463 e. The van der Waals surface area contributed by atoms with Crippen LogP contribution >= 0.6 is 12.4 Å². The van der Waals surface area contributed by atoms with Gasteiger partial charge in [-0.05, 0) is 30.7 Å². The molecule has 3 rings (SSSR count). The maximum atomic E-state index is 13.8. The second-order valence-electron chi connectivity index (χ2n) is 7.63. The smallest absolute Gasteiger partial charge is 0.343 e. The van der Waals surface area contributed by atoms with Crippen LogP contribution in [0.1, 0.15) is 37.7 Å². The normalized spacial score (nSPS) is 24.1. The van der Waals surface area contributed by atoms with Crippen molar-refractivity contribution >= 4 is 24.7 Å². The molecule has 28 heavy (non-hydrogen) atoms. The molecular formula is C20H27ClF2N2O3. The highest BCUT2D eigenvalue weighted by molar-refractivity contribution is 5.85. The molecule has 1 aromatic carbocycles. The first-order valence-electron chi connectivity index (χ1n) is 9.43. The second-order valence-corrected chi connectivity index (χ2v) is 7.63. The van der Waals surface area contributed by atoms with E-state index in [1.54, 1.807) is 30.3 Å². The van der Waals surface area contributed by atoms with Crippen LogP contribution in [-0.4, -0.2) is 47.9 Å². The van der Waals surface area contributed by atoms with Crippen LogP contribution in [0.25, 0.3) is 0 Å². The summed E-state index contributed by atoms with van der Waals surface area (Å²) in [5, 5.41) is 18.5. The third kappa shape index (κ3) is 4.81. The number of hydrogen-bond acceptors (Lipinski definition) is 4. The first-order valence-corrected chi connectivity index (χ1v) is 9.43. The molecule has 0 aromatic heterocycles. The van der Waals surface area contributed by atoms with Crippen LogP contribution in [0.4, 0.5) is 8.78 Å². The molecule has 0 spiro atoms. The van der Waals surface area contributed by atoms with Crippen molar-refractivity contribution in [1.29, 1.82) is 5.41 Å². The molecule has 2 fully saturated rings. The van der Waals surface area contributed by atoms with Crippen molar-refractivity contribution in [3.05, 3.63) is 35.9 Å². The molecule has 156 valence electrons. The highest BCUT2D eigenvalue weighted by atomic mass is 35.5. The zero-order valence-corrected chi connectivity index (χ0v) is 16.5. The standard InChI is InChI=1S/C20H26F2N2O3.ClH/c21-19(22)9-6-17(12-19)20(26,16-4-2-1-3-5-16)18(25)27-13-15-7-10-24(14-23)11-8-15;/h1-5,14-15,17,23,26H,6-13H2;1H. The Morgan fingerprint density at radius 3 is 2.46 bits per heavy atom. The molecule has 1 saturated heterocycles. The van der Waals surface area contributed by atoms with Gasteiger partial charge in [0.2, 0.25) is 5.92 Å². The fourth-order valence-corrected chi connectivity index (χ4v) is 4.07. The molecule has 1 heterocycles. The summed E-state index contributed by atoms with van der Waals surface area (Å²) in [5.41, 5.74) is -1.76. The van der Waals surface area contributed by atoms with Crippen molar-refractivity contribution in [1.82, 2.24) is 4.90 Å². The molecule has 2 aliphatic rings. The van der Waals surface area contributed by atoms with E-state index >= 15 is 0 Å². The van der Waals surface area contributed by atoms with E-state index in [2.05, 4.69) is 0 Å². The van der Waals surface area contributed by atoms with Gasteiger partial charge < -0.3 is 14.7 Å². The van der Waals surface area contributed by atoms with Crippen LogP contribution < -0.4 is 0 Å². The van der Waals surface area contributed by atoms with Crippen molar-refractivity contribution in [3.63, 3.8) is 0 Å². The molecule has 2 N–H and O–H groups in total. The molecule has 0 bridgehead atoms. The number of ether oxygens (including phenoxy) is 1. The number of esters is 1. The number of carbonyl (C=O) groups excluding carboxylic acids is 1. The van der Waals surface area contributed by atoms with Gasteiger partial charge in [-0.2, -0.15) is 0 Å². The van der Waals surface area contributed by atoms with Crippen LogP contribution in [0.3, 0.4) is 0 Å². The Morgan fingerprint density at radius 2 is 1.93 bits per heavy atom. The number of likely N-dealkylation sites (tertiary alicyclic amines) is 1. The number of piperidine rings is 1. The summed E-state index contributed by atoms with van der Waals surface area (Å²) in [6.45, 7) is 1.61. The number of halogens is 3. The monoisotopic (exact) mass is 416 g/mol. The first kappa shape index (κ1) is 22.6. The van der Waals surface area contributed by atoms with E-state index in [1.807, 2.05) is 4.90 Å². The maximum absolute atomic E-state index is 13.8. The minimum absolute atomic E-state index is 0. The molecular weight excluding hydrogens is 390 g/mol. The lowest BCUT2D eigenvalue weighted by atomic mass is 9.80. The fourth-order valence-electron chi connectivity index (χ4n) is 4.07. The lowest BCUT2D eigenvalue weighted by Gasteiger charge is -2.34. The Hall–Kier alpha value is -1.73. The minimum atomic E-state index is -2.87. The van der Waals surface area contributed by atoms with Crippen molar-refractivity contribution in [2.45, 2.75) is 43.6 Å². The molecule has 0 radical (unpaired) electrons.